The number of aromatic nitrogens is 1. The largest absolute Gasteiger partial charge is 0.373 e. The summed E-state index contributed by atoms with van der Waals surface area (Å²) in [5.41, 5.74) is 2.32. The molecule has 0 aromatic carbocycles. The van der Waals surface area contributed by atoms with Crippen LogP contribution >= 0.6 is 0 Å². The van der Waals surface area contributed by atoms with Crippen LogP contribution in [0.25, 0.3) is 0 Å². The van der Waals surface area contributed by atoms with Crippen molar-refractivity contribution in [1.82, 2.24) is 10.3 Å². The first-order valence-electron chi connectivity index (χ1n) is 6.46. The second-order valence-corrected chi connectivity index (χ2v) is 5.31. The number of nitrogens with one attached hydrogen (secondary N) is 1. The van der Waals surface area contributed by atoms with Crippen LogP contribution in [0.2, 0.25) is 0 Å². The van der Waals surface area contributed by atoms with Crippen molar-refractivity contribution in [3.8, 4) is 0 Å². The average Bonchev–Trinajstić information content (AvgIpc) is 3.04. The number of rotatable bonds is 5. The topological polar surface area (TPSA) is 28.2 Å². The minimum atomic E-state index is 0.317. The summed E-state index contributed by atoms with van der Waals surface area (Å²) in [6.07, 6.45) is 3.36. The quantitative estimate of drug-likeness (QED) is 0.846. The first-order valence-corrected chi connectivity index (χ1v) is 6.46. The van der Waals surface area contributed by atoms with Crippen LogP contribution in [0.3, 0.4) is 0 Å². The molecule has 1 aliphatic carbocycles. The molecule has 17 heavy (non-hydrogen) atoms. The highest BCUT2D eigenvalue weighted by Gasteiger charge is 2.33. The Hall–Kier alpha value is -1.09. The Kier molecular flexibility index (Phi) is 3.67. The lowest BCUT2D eigenvalue weighted by Gasteiger charge is -2.19. The fourth-order valence-corrected chi connectivity index (χ4v) is 2.14. The van der Waals surface area contributed by atoms with E-state index in [0.29, 0.717) is 6.04 Å². The zero-order chi connectivity index (χ0) is 12.4. The Labute approximate surface area is 104 Å². The molecule has 1 aromatic rings. The van der Waals surface area contributed by atoms with E-state index in [1.165, 1.54) is 12.1 Å². The number of anilines is 1. The van der Waals surface area contributed by atoms with Crippen LogP contribution in [0.4, 0.5) is 5.69 Å². The van der Waals surface area contributed by atoms with Gasteiger partial charge in [-0.1, -0.05) is 6.92 Å². The van der Waals surface area contributed by atoms with Crippen molar-refractivity contribution >= 4 is 5.69 Å². The lowest BCUT2D eigenvalue weighted by molar-refractivity contribution is 0.632. The molecule has 3 heteroatoms. The van der Waals surface area contributed by atoms with E-state index in [1.807, 2.05) is 13.2 Å². The number of hydrogen-bond acceptors (Lipinski definition) is 3. The Bertz CT molecular complexity index is 360. The number of nitrogens with zero attached hydrogens (tertiary/aromatic N) is 2. The van der Waals surface area contributed by atoms with Crippen LogP contribution in [0.15, 0.2) is 18.3 Å². The summed E-state index contributed by atoms with van der Waals surface area (Å²) in [6.45, 7) is 5.61. The van der Waals surface area contributed by atoms with Gasteiger partial charge in [0.15, 0.2) is 0 Å². The van der Waals surface area contributed by atoms with Gasteiger partial charge in [0.05, 0.1) is 17.6 Å². The van der Waals surface area contributed by atoms with Crippen molar-refractivity contribution in [1.29, 1.82) is 0 Å². The second-order valence-electron chi connectivity index (χ2n) is 5.31. The smallest absolute Gasteiger partial charge is 0.0571 e. The van der Waals surface area contributed by atoms with E-state index >= 15 is 0 Å². The fourth-order valence-electron chi connectivity index (χ4n) is 2.14. The maximum absolute atomic E-state index is 4.51. The summed E-state index contributed by atoms with van der Waals surface area (Å²) >= 11 is 0. The highest BCUT2D eigenvalue weighted by Crippen LogP contribution is 2.38. The van der Waals surface area contributed by atoms with Gasteiger partial charge in [-0.3, -0.25) is 4.98 Å². The molecule has 1 saturated carbocycles. The average molecular weight is 233 g/mol. The van der Waals surface area contributed by atoms with Crippen molar-refractivity contribution in [2.75, 3.05) is 25.5 Å². The SMILES string of the molecule is CNC(C)c1ccc(N(C)CC2CC2C)cn1. The molecule has 3 nitrogen and oxygen atoms in total. The van der Waals surface area contributed by atoms with Crippen molar-refractivity contribution in [2.45, 2.75) is 26.3 Å². The molecular formula is C14H23N3. The van der Waals surface area contributed by atoms with Gasteiger partial charge in [-0.2, -0.15) is 0 Å². The highest BCUT2D eigenvalue weighted by atomic mass is 15.1. The lowest BCUT2D eigenvalue weighted by atomic mass is 10.2. The van der Waals surface area contributed by atoms with Gasteiger partial charge in [-0.25, -0.2) is 0 Å². The highest BCUT2D eigenvalue weighted by molar-refractivity contribution is 5.44. The Morgan fingerprint density at radius 1 is 1.53 bits per heavy atom. The van der Waals surface area contributed by atoms with Crippen molar-refractivity contribution in [3.63, 3.8) is 0 Å². The molecule has 0 saturated heterocycles. The molecule has 1 fully saturated rings. The van der Waals surface area contributed by atoms with E-state index in [-0.39, 0.29) is 0 Å². The van der Waals surface area contributed by atoms with Crippen molar-refractivity contribution in [3.05, 3.63) is 24.0 Å². The van der Waals surface area contributed by atoms with Crippen LogP contribution in [0.1, 0.15) is 32.0 Å². The molecule has 0 aliphatic heterocycles. The van der Waals surface area contributed by atoms with E-state index in [9.17, 15) is 0 Å². The van der Waals surface area contributed by atoms with Crippen LogP contribution in [-0.2, 0) is 0 Å². The van der Waals surface area contributed by atoms with Gasteiger partial charge in [-0.15, -0.1) is 0 Å². The lowest BCUT2D eigenvalue weighted by Crippen LogP contribution is -2.21. The molecule has 1 N–H and O–H groups in total. The van der Waals surface area contributed by atoms with E-state index in [1.54, 1.807) is 0 Å². The van der Waals surface area contributed by atoms with Crippen LogP contribution in [0.5, 0.6) is 0 Å². The Balaban J connectivity index is 1.96. The third kappa shape index (κ3) is 2.97. The summed E-state index contributed by atoms with van der Waals surface area (Å²) in [4.78, 5) is 6.83. The zero-order valence-corrected chi connectivity index (χ0v) is 11.3. The molecule has 2 rings (SSSR count). The second kappa shape index (κ2) is 5.05. The standard InChI is InChI=1S/C14H23N3/c1-10-7-12(10)9-17(4)13-5-6-14(16-8-13)11(2)15-3/h5-6,8,10-12,15H,7,9H2,1-4H3. The van der Waals surface area contributed by atoms with E-state index in [2.05, 4.69) is 48.2 Å². The molecule has 0 bridgehead atoms. The maximum atomic E-state index is 4.51. The van der Waals surface area contributed by atoms with Crippen LogP contribution in [-0.4, -0.2) is 25.6 Å². The van der Waals surface area contributed by atoms with Gasteiger partial charge in [0, 0.05) is 19.6 Å². The molecular weight excluding hydrogens is 210 g/mol. The molecule has 94 valence electrons. The monoisotopic (exact) mass is 233 g/mol. The fraction of sp³-hybridized carbons (Fsp3) is 0.643. The van der Waals surface area contributed by atoms with E-state index < -0.39 is 0 Å². The molecule has 0 radical (unpaired) electrons. The first kappa shape index (κ1) is 12.4. The van der Waals surface area contributed by atoms with Crippen LogP contribution in [0, 0.1) is 11.8 Å². The summed E-state index contributed by atoms with van der Waals surface area (Å²) in [5, 5.41) is 3.20. The molecule has 1 aliphatic rings. The molecule has 0 amide bonds. The maximum Gasteiger partial charge on any atom is 0.0571 e. The number of pyridine rings is 1. The minimum Gasteiger partial charge on any atom is -0.373 e. The van der Waals surface area contributed by atoms with Crippen molar-refractivity contribution in [2.24, 2.45) is 11.8 Å². The van der Waals surface area contributed by atoms with E-state index in [0.717, 1.165) is 24.1 Å². The van der Waals surface area contributed by atoms with Gasteiger partial charge < -0.3 is 10.2 Å². The summed E-state index contributed by atoms with van der Waals surface area (Å²) < 4.78 is 0. The molecule has 3 unspecified atom stereocenters. The third-order valence-corrected chi connectivity index (χ3v) is 3.87. The minimum absolute atomic E-state index is 0.317. The summed E-state index contributed by atoms with van der Waals surface area (Å²) in [6, 6.07) is 4.60. The predicted octanol–water partition coefficient (Wildman–Crippen LogP) is 2.45. The predicted molar refractivity (Wildman–Crippen MR) is 72.3 cm³/mol. The third-order valence-electron chi connectivity index (χ3n) is 3.87. The van der Waals surface area contributed by atoms with Gasteiger partial charge in [0.2, 0.25) is 0 Å². The molecule has 3 atom stereocenters. The summed E-state index contributed by atoms with van der Waals surface area (Å²) in [5.74, 6) is 1.80. The number of hydrogen-bond donors (Lipinski definition) is 1. The summed E-state index contributed by atoms with van der Waals surface area (Å²) in [7, 11) is 4.12. The van der Waals surface area contributed by atoms with E-state index in [4.69, 9.17) is 0 Å². The van der Waals surface area contributed by atoms with Gasteiger partial charge in [0.1, 0.15) is 0 Å². The van der Waals surface area contributed by atoms with Gasteiger partial charge >= 0.3 is 0 Å². The normalized spacial score (nSPS) is 24.5. The van der Waals surface area contributed by atoms with Gasteiger partial charge in [-0.05, 0) is 44.4 Å². The van der Waals surface area contributed by atoms with Gasteiger partial charge in [0.25, 0.3) is 0 Å². The molecule has 1 heterocycles. The van der Waals surface area contributed by atoms with Crippen LogP contribution < -0.4 is 10.2 Å². The zero-order valence-electron chi connectivity index (χ0n) is 11.3. The Morgan fingerprint density at radius 2 is 2.24 bits per heavy atom. The molecule has 0 spiro atoms. The molecule has 1 aromatic heterocycles. The Morgan fingerprint density at radius 3 is 2.71 bits per heavy atom. The first-order chi connectivity index (χ1) is 8.11. The van der Waals surface area contributed by atoms with Crippen molar-refractivity contribution < 1.29 is 0 Å².